The van der Waals surface area contributed by atoms with Crippen LogP contribution in [0.2, 0.25) is 0 Å². The largest absolute Gasteiger partial charge is 0.417 e. The van der Waals surface area contributed by atoms with Gasteiger partial charge in [-0.2, -0.15) is 26.3 Å². The molecule has 0 atom stereocenters. The lowest BCUT2D eigenvalue weighted by Crippen LogP contribution is -2.15. The van der Waals surface area contributed by atoms with Crippen molar-refractivity contribution in [3.05, 3.63) is 210 Å². The predicted octanol–water partition coefficient (Wildman–Crippen LogP) is 16.3. The van der Waals surface area contributed by atoms with Crippen LogP contribution in [0.25, 0.3) is 94.8 Å². The summed E-state index contributed by atoms with van der Waals surface area (Å²) in [4.78, 5) is 9.94. The van der Waals surface area contributed by atoms with Crippen LogP contribution in [-0.4, -0.2) is 14.5 Å². The van der Waals surface area contributed by atoms with Gasteiger partial charge in [-0.1, -0.05) is 159 Å². The Hall–Kier alpha value is -7.78. The van der Waals surface area contributed by atoms with Crippen molar-refractivity contribution in [3.63, 3.8) is 0 Å². The average molecular weight is 878 g/mol. The van der Waals surface area contributed by atoms with E-state index in [9.17, 15) is 0 Å². The zero-order valence-electron chi connectivity index (χ0n) is 35.5. The predicted molar refractivity (Wildman–Crippen MR) is 251 cm³/mol. The van der Waals surface area contributed by atoms with Crippen molar-refractivity contribution in [2.75, 3.05) is 0 Å². The number of rotatable bonds is 6. The molecule has 8 aromatic carbocycles. The van der Waals surface area contributed by atoms with Crippen molar-refractivity contribution < 1.29 is 26.3 Å². The Morgan fingerprint density at radius 2 is 0.924 bits per heavy atom. The van der Waals surface area contributed by atoms with E-state index in [1.165, 1.54) is 36.4 Å². The Bertz CT molecular complexity index is 3400. The molecule has 66 heavy (non-hydrogen) atoms. The van der Waals surface area contributed by atoms with E-state index >= 15 is 26.3 Å². The van der Waals surface area contributed by atoms with Gasteiger partial charge in [0.05, 0.1) is 39.2 Å². The van der Waals surface area contributed by atoms with Crippen LogP contribution in [-0.2, 0) is 17.8 Å². The van der Waals surface area contributed by atoms with E-state index in [1.54, 1.807) is 18.2 Å². The fraction of sp³-hybridized carbons (Fsp3) is 0.0877. The van der Waals surface area contributed by atoms with E-state index in [0.717, 1.165) is 50.7 Å². The van der Waals surface area contributed by atoms with Crippen LogP contribution in [0.3, 0.4) is 0 Å². The van der Waals surface area contributed by atoms with Gasteiger partial charge in [-0.25, -0.2) is 9.97 Å². The molecule has 0 amide bonds. The topological polar surface area (TPSA) is 30.7 Å². The van der Waals surface area contributed by atoms with Crippen molar-refractivity contribution in [2.45, 2.75) is 31.6 Å². The van der Waals surface area contributed by atoms with E-state index in [-0.39, 0.29) is 27.9 Å². The number of para-hydroxylation sites is 1. The van der Waals surface area contributed by atoms with Gasteiger partial charge < -0.3 is 4.57 Å². The molecule has 0 saturated carbocycles. The quantitative estimate of drug-likeness (QED) is 0.156. The summed E-state index contributed by atoms with van der Waals surface area (Å²) in [5.74, 6) is 0.338. The fourth-order valence-corrected chi connectivity index (χ4v) is 10.0. The number of alkyl halides is 6. The number of hydrogen-bond donors (Lipinski definition) is 0. The van der Waals surface area contributed by atoms with Gasteiger partial charge in [0.25, 0.3) is 0 Å². The summed E-state index contributed by atoms with van der Waals surface area (Å²) in [6, 6.07) is 53.9. The highest BCUT2D eigenvalue weighted by molar-refractivity contribution is 6.15. The van der Waals surface area contributed by atoms with E-state index in [4.69, 9.17) is 9.97 Å². The molecule has 9 heteroatoms. The summed E-state index contributed by atoms with van der Waals surface area (Å²) in [5.41, 5.74) is 5.62. The van der Waals surface area contributed by atoms with E-state index < -0.39 is 28.9 Å². The van der Waals surface area contributed by atoms with Crippen LogP contribution in [0.5, 0.6) is 0 Å². The second-order valence-corrected chi connectivity index (χ2v) is 17.1. The maximum atomic E-state index is 15.5. The third-order valence-corrected chi connectivity index (χ3v) is 12.9. The molecule has 1 aliphatic rings. The monoisotopic (exact) mass is 877 g/mol. The summed E-state index contributed by atoms with van der Waals surface area (Å²) in [6.45, 7) is 4.31. The van der Waals surface area contributed by atoms with Gasteiger partial charge in [-0.3, -0.25) is 0 Å². The van der Waals surface area contributed by atoms with Crippen molar-refractivity contribution in [1.29, 1.82) is 0 Å². The number of hydrogen-bond acceptors (Lipinski definition) is 2. The summed E-state index contributed by atoms with van der Waals surface area (Å²) in [7, 11) is 0. The standard InChI is InChI=1S/C57H37F6N3/c1-55(2)44-25-13-9-21-37(44)40-29-30-50-51(52(40)55)41-24-12-16-28-49(41)66(50)53-42(38-22-10-14-26-45(38)56(58,59)60)31-36(32-43(53)39-23-11-15-27-46(39)57(61,62)63)48-33-47(34-17-5-3-6-18-34)64-54(65-48)35-19-7-4-8-20-35/h3-33H,1-2H3. The first kappa shape index (κ1) is 41.0. The third-order valence-electron chi connectivity index (χ3n) is 12.9. The van der Waals surface area contributed by atoms with Crippen LogP contribution in [0, 0.1) is 0 Å². The first-order valence-electron chi connectivity index (χ1n) is 21.5. The molecule has 0 aliphatic heterocycles. The molecule has 0 bridgehead atoms. The molecule has 1 aliphatic carbocycles. The highest BCUT2D eigenvalue weighted by Gasteiger charge is 2.40. The first-order chi connectivity index (χ1) is 31.8. The smallest absolute Gasteiger partial charge is 0.308 e. The minimum Gasteiger partial charge on any atom is -0.308 e. The molecular weight excluding hydrogens is 841 g/mol. The van der Waals surface area contributed by atoms with E-state index in [2.05, 4.69) is 26.0 Å². The Balaban J connectivity index is 1.33. The molecule has 0 fully saturated rings. The van der Waals surface area contributed by atoms with Gasteiger partial charge in [-0.15, -0.1) is 0 Å². The number of aromatic nitrogens is 3. The molecule has 0 radical (unpaired) electrons. The zero-order valence-corrected chi connectivity index (χ0v) is 35.5. The van der Waals surface area contributed by atoms with Crippen LogP contribution in [0.15, 0.2) is 188 Å². The lowest BCUT2D eigenvalue weighted by Gasteiger charge is -2.25. The highest BCUT2D eigenvalue weighted by Crippen LogP contribution is 2.55. The second kappa shape index (κ2) is 15.2. The summed E-state index contributed by atoms with van der Waals surface area (Å²) >= 11 is 0. The Labute approximate surface area is 376 Å². The highest BCUT2D eigenvalue weighted by atomic mass is 19.4. The molecule has 2 heterocycles. The number of nitrogens with zero attached hydrogens (tertiary/aromatic N) is 3. The van der Waals surface area contributed by atoms with Crippen molar-refractivity contribution in [2.24, 2.45) is 0 Å². The normalized spacial score (nSPS) is 13.3. The number of benzene rings is 8. The first-order valence-corrected chi connectivity index (χ1v) is 21.5. The number of fused-ring (bicyclic) bond motifs is 7. The van der Waals surface area contributed by atoms with Crippen LogP contribution >= 0.6 is 0 Å². The molecule has 0 N–H and O–H groups in total. The molecule has 3 nitrogen and oxygen atoms in total. The van der Waals surface area contributed by atoms with Gasteiger partial charge in [0.1, 0.15) is 0 Å². The average Bonchev–Trinajstić information content (AvgIpc) is 3.78. The zero-order chi connectivity index (χ0) is 45.5. The Morgan fingerprint density at radius 1 is 0.424 bits per heavy atom. The van der Waals surface area contributed by atoms with Crippen LogP contribution in [0.1, 0.15) is 36.1 Å². The summed E-state index contributed by atoms with van der Waals surface area (Å²) in [6.07, 6.45) is -9.66. The lowest BCUT2D eigenvalue weighted by molar-refractivity contribution is -0.137. The summed E-state index contributed by atoms with van der Waals surface area (Å²) < 4.78 is 94.6. The van der Waals surface area contributed by atoms with Gasteiger partial charge >= 0.3 is 12.4 Å². The van der Waals surface area contributed by atoms with Crippen LogP contribution < -0.4 is 0 Å². The Kier molecular flexibility index (Phi) is 9.41. The third kappa shape index (κ3) is 6.60. The maximum Gasteiger partial charge on any atom is 0.417 e. The minimum atomic E-state index is -4.83. The van der Waals surface area contributed by atoms with Gasteiger partial charge in [0.15, 0.2) is 5.82 Å². The van der Waals surface area contributed by atoms with E-state index in [1.807, 2.05) is 114 Å². The fourth-order valence-electron chi connectivity index (χ4n) is 10.0. The van der Waals surface area contributed by atoms with Gasteiger partial charge in [0.2, 0.25) is 0 Å². The van der Waals surface area contributed by atoms with Gasteiger partial charge in [-0.05, 0) is 75.8 Å². The van der Waals surface area contributed by atoms with Crippen molar-refractivity contribution in [1.82, 2.24) is 14.5 Å². The maximum absolute atomic E-state index is 15.5. The molecular formula is C57H37F6N3. The molecule has 2 aromatic heterocycles. The minimum absolute atomic E-state index is 0.0687. The molecule has 322 valence electrons. The van der Waals surface area contributed by atoms with Crippen molar-refractivity contribution in [3.8, 4) is 73.0 Å². The molecule has 0 saturated heterocycles. The molecule has 11 rings (SSSR count). The lowest BCUT2D eigenvalue weighted by atomic mass is 9.80. The van der Waals surface area contributed by atoms with E-state index in [0.29, 0.717) is 39.4 Å². The molecule has 0 spiro atoms. The molecule has 10 aromatic rings. The molecule has 0 unspecified atom stereocenters. The SMILES string of the molecule is CC1(C)c2ccccc2-c2ccc3c(c21)c1ccccc1n3-c1c(-c2ccccc2C(F)(F)F)cc(-c2cc(-c3ccccc3)nc(-c3ccccc3)n2)cc1-c1ccccc1C(F)(F)F. The van der Waals surface area contributed by atoms with Crippen LogP contribution in [0.4, 0.5) is 26.3 Å². The Morgan fingerprint density at radius 3 is 1.53 bits per heavy atom. The second-order valence-electron chi connectivity index (χ2n) is 17.1. The van der Waals surface area contributed by atoms with Crippen molar-refractivity contribution >= 4 is 21.8 Å². The van der Waals surface area contributed by atoms with Gasteiger partial charge in [0, 0.05) is 44.0 Å². The number of halogens is 6. The summed E-state index contributed by atoms with van der Waals surface area (Å²) in [5, 5.41) is 1.68.